The third kappa shape index (κ3) is 10.5. The molecule has 0 radical (unpaired) electrons. The Morgan fingerprint density at radius 3 is 1.83 bits per heavy atom. The molecule has 0 aromatic rings. The lowest BCUT2D eigenvalue weighted by atomic mass is 10.0. The Balaban J connectivity index is 1.63. The van der Waals surface area contributed by atoms with Gasteiger partial charge in [-0.1, -0.05) is 121 Å². The Bertz CT molecular complexity index is 898. The van der Waals surface area contributed by atoms with Gasteiger partial charge in [-0.15, -0.1) is 0 Å². The summed E-state index contributed by atoms with van der Waals surface area (Å²) in [5, 5.41) is 10.0. The van der Waals surface area contributed by atoms with Crippen LogP contribution in [0.4, 0.5) is 0 Å². The molecule has 0 aromatic heterocycles. The first kappa shape index (κ1) is 30.1. The minimum atomic E-state index is -0.211. The van der Waals surface area contributed by atoms with Crippen LogP contribution in [0.25, 0.3) is 16.7 Å². The molecule has 200 valence electrons. The Morgan fingerprint density at radius 1 is 0.806 bits per heavy atom. The Labute approximate surface area is 220 Å². The van der Waals surface area contributed by atoms with E-state index in [9.17, 15) is 9.90 Å². The highest BCUT2D eigenvalue weighted by Crippen LogP contribution is 2.40. The zero-order valence-corrected chi connectivity index (χ0v) is 23.3. The molecule has 0 saturated carbocycles. The lowest BCUT2D eigenvalue weighted by Gasteiger charge is -2.06. The number of aliphatic hydroxyl groups is 1. The van der Waals surface area contributed by atoms with Gasteiger partial charge in [0.05, 0.1) is 6.61 Å². The standard InChI is InChI=1S/C33H50O3/c1-5-6-7-8-9-10-11-12-13-14-15-16-17-18-19-20-33(35)36-32-24-29-27(4)21-22-28(26(2)3)23-30(29)31(32)25-34/h21-24,34H,2,5-20,25H2,1,3-4H3. The molecule has 2 rings (SSSR count). The van der Waals surface area contributed by atoms with Crippen LogP contribution in [0.1, 0.15) is 133 Å². The maximum Gasteiger partial charge on any atom is 0.311 e. The Morgan fingerprint density at radius 2 is 1.33 bits per heavy atom. The molecule has 0 unspecified atom stereocenters. The summed E-state index contributed by atoms with van der Waals surface area (Å²) in [6, 6.07) is 8.01. The highest BCUT2D eigenvalue weighted by atomic mass is 16.5. The van der Waals surface area contributed by atoms with Gasteiger partial charge in [-0.25, -0.2) is 0 Å². The second-order valence-corrected chi connectivity index (χ2v) is 10.5. The summed E-state index contributed by atoms with van der Waals surface area (Å²) in [5.74, 6) is 0.275. The number of carbonyl (C=O) groups excluding carboxylic acids is 1. The van der Waals surface area contributed by atoms with Crippen LogP contribution in [0.15, 0.2) is 30.8 Å². The SMILES string of the molecule is C=C(C)c1ccc(C)c2cc(OC(=O)CCCCCCCCCCCCCCCCC)c(CO)c-2c1. The fraction of sp³-hybridized carbons (Fsp3) is 0.606. The number of carbonyl (C=O) groups is 1. The van der Waals surface area contributed by atoms with Crippen molar-refractivity contribution < 1.29 is 14.6 Å². The highest BCUT2D eigenvalue weighted by molar-refractivity contribution is 5.83. The number of aryl methyl sites for hydroxylation is 1. The third-order valence-corrected chi connectivity index (χ3v) is 7.28. The van der Waals surface area contributed by atoms with Crippen LogP contribution in [0.3, 0.4) is 0 Å². The van der Waals surface area contributed by atoms with Crippen LogP contribution >= 0.6 is 0 Å². The summed E-state index contributed by atoms with van der Waals surface area (Å²) in [7, 11) is 0. The van der Waals surface area contributed by atoms with Gasteiger partial charge in [0.1, 0.15) is 5.75 Å². The van der Waals surface area contributed by atoms with Gasteiger partial charge in [0.2, 0.25) is 0 Å². The quantitative estimate of drug-likeness (QED) is 0.156. The number of esters is 1. The van der Waals surface area contributed by atoms with Gasteiger partial charge in [0.15, 0.2) is 0 Å². The van der Waals surface area contributed by atoms with Crippen molar-refractivity contribution in [1.82, 2.24) is 0 Å². The van der Waals surface area contributed by atoms with E-state index in [1.807, 2.05) is 32.0 Å². The van der Waals surface area contributed by atoms with Crippen LogP contribution in [0.2, 0.25) is 0 Å². The highest BCUT2D eigenvalue weighted by Gasteiger charge is 2.20. The fourth-order valence-electron chi connectivity index (χ4n) is 4.92. The van der Waals surface area contributed by atoms with Gasteiger partial charge in [-0.3, -0.25) is 4.79 Å². The van der Waals surface area contributed by atoms with Crippen LogP contribution in [0, 0.1) is 6.92 Å². The summed E-state index contributed by atoms with van der Waals surface area (Å²) >= 11 is 0. The van der Waals surface area contributed by atoms with E-state index < -0.39 is 0 Å². The van der Waals surface area contributed by atoms with E-state index in [0.717, 1.165) is 40.7 Å². The van der Waals surface area contributed by atoms with E-state index in [0.29, 0.717) is 17.7 Å². The predicted molar refractivity (Wildman–Crippen MR) is 154 cm³/mol. The second-order valence-electron chi connectivity index (χ2n) is 10.5. The molecule has 0 aliphatic heterocycles. The number of ether oxygens (including phenoxy) is 1. The molecule has 0 spiro atoms. The van der Waals surface area contributed by atoms with Crippen molar-refractivity contribution in [3.8, 4) is 16.9 Å². The summed E-state index contributed by atoms with van der Waals surface area (Å²) in [5.41, 5.74) is 5.66. The number of fused-ring (bicyclic) bond motifs is 1. The van der Waals surface area contributed by atoms with E-state index in [4.69, 9.17) is 4.74 Å². The zero-order chi connectivity index (χ0) is 26.2. The van der Waals surface area contributed by atoms with E-state index in [2.05, 4.69) is 19.6 Å². The molecule has 0 bridgehead atoms. The molecule has 3 nitrogen and oxygen atoms in total. The van der Waals surface area contributed by atoms with Crippen molar-refractivity contribution in [3.63, 3.8) is 0 Å². The fourth-order valence-corrected chi connectivity index (χ4v) is 4.92. The first-order chi connectivity index (χ1) is 17.5. The van der Waals surface area contributed by atoms with E-state index >= 15 is 0 Å². The van der Waals surface area contributed by atoms with Crippen molar-refractivity contribution in [2.24, 2.45) is 0 Å². The third-order valence-electron chi connectivity index (χ3n) is 7.28. The van der Waals surface area contributed by atoms with Gasteiger partial charge >= 0.3 is 5.97 Å². The molecular formula is C33H50O3. The smallest absolute Gasteiger partial charge is 0.311 e. The van der Waals surface area contributed by atoms with Crippen molar-refractivity contribution in [3.05, 3.63) is 47.5 Å². The van der Waals surface area contributed by atoms with Gasteiger partial charge in [-0.2, -0.15) is 0 Å². The van der Waals surface area contributed by atoms with Gasteiger partial charge in [0.25, 0.3) is 0 Å². The van der Waals surface area contributed by atoms with Crippen LogP contribution in [-0.4, -0.2) is 11.1 Å². The monoisotopic (exact) mass is 494 g/mol. The van der Waals surface area contributed by atoms with Crippen LogP contribution < -0.4 is 4.74 Å². The molecule has 0 amide bonds. The zero-order valence-electron chi connectivity index (χ0n) is 23.3. The maximum atomic E-state index is 12.5. The summed E-state index contributed by atoms with van der Waals surface area (Å²) < 4.78 is 5.71. The van der Waals surface area contributed by atoms with E-state index in [-0.39, 0.29) is 12.6 Å². The summed E-state index contributed by atoms with van der Waals surface area (Å²) in [6.07, 6.45) is 20.0. The second kappa shape index (κ2) is 17.3. The van der Waals surface area contributed by atoms with Crippen molar-refractivity contribution in [2.45, 2.75) is 130 Å². The molecule has 3 heteroatoms. The average molecular weight is 495 g/mol. The number of aliphatic hydroxyl groups excluding tert-OH is 1. The lowest BCUT2D eigenvalue weighted by Crippen LogP contribution is -2.08. The number of rotatable bonds is 19. The topological polar surface area (TPSA) is 46.5 Å². The van der Waals surface area contributed by atoms with Gasteiger partial charge < -0.3 is 9.84 Å². The van der Waals surface area contributed by atoms with E-state index in [1.165, 1.54) is 83.5 Å². The van der Waals surface area contributed by atoms with Crippen molar-refractivity contribution in [2.75, 3.05) is 0 Å². The molecule has 0 fully saturated rings. The largest absolute Gasteiger partial charge is 0.426 e. The molecule has 1 N–H and O–H groups in total. The van der Waals surface area contributed by atoms with E-state index in [1.54, 1.807) is 0 Å². The van der Waals surface area contributed by atoms with Gasteiger partial charge in [0, 0.05) is 12.0 Å². The van der Waals surface area contributed by atoms with Crippen molar-refractivity contribution in [1.29, 1.82) is 0 Å². The molecule has 0 aromatic carbocycles. The minimum Gasteiger partial charge on any atom is -0.426 e. The minimum absolute atomic E-state index is 0.163. The first-order valence-electron chi connectivity index (χ1n) is 14.5. The molecule has 0 heterocycles. The molecule has 2 aliphatic carbocycles. The number of hydrogen-bond donors (Lipinski definition) is 1. The lowest BCUT2D eigenvalue weighted by molar-refractivity contribution is -0.134. The predicted octanol–water partition coefficient (Wildman–Crippen LogP) is 9.79. The Hall–Kier alpha value is -2.13. The van der Waals surface area contributed by atoms with Crippen LogP contribution in [-0.2, 0) is 11.4 Å². The normalized spacial score (nSPS) is 11.2. The Kier molecular flexibility index (Phi) is 14.5. The molecule has 0 atom stereocenters. The summed E-state index contributed by atoms with van der Waals surface area (Å²) in [6.45, 7) is 10.2. The average Bonchev–Trinajstić information content (AvgIpc) is 3.11. The van der Waals surface area contributed by atoms with Crippen LogP contribution in [0.5, 0.6) is 5.75 Å². The number of hydrogen-bond acceptors (Lipinski definition) is 3. The number of allylic oxidation sites excluding steroid dienone is 1. The molecular weight excluding hydrogens is 444 g/mol. The maximum absolute atomic E-state index is 12.5. The molecule has 0 saturated heterocycles. The molecule has 36 heavy (non-hydrogen) atoms. The number of unbranched alkanes of at least 4 members (excludes halogenated alkanes) is 14. The van der Waals surface area contributed by atoms with Gasteiger partial charge in [-0.05, 0) is 54.7 Å². The molecule has 2 aliphatic rings. The van der Waals surface area contributed by atoms with Crippen molar-refractivity contribution >= 4 is 11.5 Å². The first-order valence-corrected chi connectivity index (χ1v) is 14.5. The summed E-state index contributed by atoms with van der Waals surface area (Å²) in [4.78, 5) is 12.5.